The van der Waals surface area contributed by atoms with E-state index in [2.05, 4.69) is 30.1 Å². The summed E-state index contributed by atoms with van der Waals surface area (Å²) < 4.78 is 17.1. The molecule has 0 radical (unpaired) electrons. The number of ether oxygens (including phenoxy) is 3. The van der Waals surface area contributed by atoms with Crippen LogP contribution in [0.1, 0.15) is 56.4 Å². The highest BCUT2D eigenvalue weighted by atomic mass is 35.5. The minimum atomic E-state index is -0.663. The van der Waals surface area contributed by atoms with Gasteiger partial charge >= 0.3 is 6.09 Å². The fraction of sp³-hybridized carbons (Fsp3) is 0.342. The van der Waals surface area contributed by atoms with Crippen molar-refractivity contribution < 1.29 is 23.8 Å². The molecule has 1 aromatic heterocycles. The molecule has 0 saturated carbocycles. The molecule has 0 N–H and O–H groups in total. The summed E-state index contributed by atoms with van der Waals surface area (Å²) in [6, 6.07) is 20.1. The van der Waals surface area contributed by atoms with E-state index in [4.69, 9.17) is 25.8 Å². The summed E-state index contributed by atoms with van der Waals surface area (Å²) in [6.07, 6.45) is 5.87. The number of benzene rings is 2. The van der Waals surface area contributed by atoms with E-state index < -0.39 is 11.7 Å². The van der Waals surface area contributed by atoms with Crippen molar-refractivity contribution in [3.8, 4) is 11.6 Å². The van der Waals surface area contributed by atoms with Crippen LogP contribution in [-0.4, -0.2) is 73.3 Å². The molecule has 4 rings (SSSR count). The zero-order valence-electron chi connectivity index (χ0n) is 28.3. The number of allylic oxidation sites excluding steroid dienone is 3. The summed E-state index contributed by atoms with van der Waals surface area (Å²) in [4.78, 5) is 32.5. The summed E-state index contributed by atoms with van der Waals surface area (Å²) in [5, 5.41) is 0.744. The van der Waals surface area contributed by atoms with Crippen molar-refractivity contribution in [3.05, 3.63) is 107 Å². The topological polar surface area (TPSA) is 81.2 Å². The van der Waals surface area contributed by atoms with Crippen LogP contribution in [0, 0.1) is 0 Å². The molecular weight excluding hydrogens is 614 g/mol. The second-order valence-electron chi connectivity index (χ2n) is 12.4. The van der Waals surface area contributed by atoms with Gasteiger partial charge in [0, 0.05) is 51.0 Å². The van der Waals surface area contributed by atoms with Gasteiger partial charge < -0.3 is 24.0 Å². The second kappa shape index (κ2) is 15.8. The molecule has 2 aromatic carbocycles. The number of methoxy groups -OCH3 is 1. The fourth-order valence-electron chi connectivity index (χ4n) is 5.27. The van der Waals surface area contributed by atoms with Gasteiger partial charge in [0.1, 0.15) is 18.0 Å². The zero-order valence-corrected chi connectivity index (χ0v) is 29.1. The molecule has 2 amide bonds. The normalized spacial score (nSPS) is 13.3. The molecule has 0 bridgehead atoms. The number of carbonyl (C=O) groups is 2. The van der Waals surface area contributed by atoms with Crippen molar-refractivity contribution in [1.82, 2.24) is 14.8 Å². The van der Waals surface area contributed by atoms with Gasteiger partial charge in [-0.25, -0.2) is 9.78 Å². The quantitative estimate of drug-likeness (QED) is 0.184. The Morgan fingerprint density at radius 3 is 2.43 bits per heavy atom. The van der Waals surface area contributed by atoms with Crippen molar-refractivity contribution in [2.45, 2.75) is 46.1 Å². The zero-order chi connectivity index (χ0) is 34.1. The highest BCUT2D eigenvalue weighted by Gasteiger charge is 2.26. The summed E-state index contributed by atoms with van der Waals surface area (Å²) >= 11 is 7.07. The van der Waals surface area contributed by atoms with Gasteiger partial charge in [-0.15, -0.1) is 0 Å². The van der Waals surface area contributed by atoms with Crippen LogP contribution in [0.2, 0.25) is 0 Å². The van der Waals surface area contributed by atoms with Gasteiger partial charge in [-0.05, 0) is 78.8 Å². The number of carbonyl (C=O) groups excluding carboxylic acids is 2. The van der Waals surface area contributed by atoms with E-state index in [1.807, 2.05) is 69.4 Å². The Morgan fingerprint density at radius 2 is 1.79 bits per heavy atom. The number of hydrogen-bond acceptors (Lipinski definition) is 6. The first-order chi connectivity index (χ1) is 22.4. The SMILES string of the molecule is CC/C(=C(\C1=C(Cl)c2ccccc2C1)c1ccc(OCCN(C/C=C/C(=O)N(C)C)C(=O)OC(C)(C)C)nc1)c1cccc(OC)c1. The number of halogens is 1. The second-order valence-corrected chi connectivity index (χ2v) is 12.7. The van der Waals surface area contributed by atoms with E-state index in [0.29, 0.717) is 12.3 Å². The lowest BCUT2D eigenvalue weighted by atomic mass is 9.88. The van der Waals surface area contributed by atoms with Gasteiger partial charge in [-0.2, -0.15) is 0 Å². The van der Waals surface area contributed by atoms with Gasteiger partial charge in [0.05, 0.1) is 18.7 Å². The van der Waals surface area contributed by atoms with E-state index in [1.54, 1.807) is 27.3 Å². The molecule has 0 aliphatic heterocycles. The molecule has 1 heterocycles. The highest BCUT2D eigenvalue weighted by Crippen LogP contribution is 2.45. The summed E-state index contributed by atoms with van der Waals surface area (Å²) in [5.74, 6) is 1.04. The fourth-order valence-corrected chi connectivity index (χ4v) is 5.62. The van der Waals surface area contributed by atoms with Gasteiger partial charge in [-0.3, -0.25) is 4.79 Å². The number of likely N-dealkylation sites (N-methyl/N-ethyl adjacent to an activating group) is 1. The molecule has 0 unspecified atom stereocenters. The summed E-state index contributed by atoms with van der Waals surface area (Å²) in [6.45, 7) is 8.18. The molecule has 1 aliphatic rings. The predicted molar refractivity (Wildman–Crippen MR) is 188 cm³/mol. The first-order valence-electron chi connectivity index (χ1n) is 15.7. The maximum atomic E-state index is 12.9. The lowest BCUT2D eigenvalue weighted by Gasteiger charge is -2.26. The maximum Gasteiger partial charge on any atom is 0.410 e. The Labute approximate surface area is 283 Å². The van der Waals surface area contributed by atoms with Crippen LogP contribution in [0.25, 0.3) is 16.2 Å². The van der Waals surface area contributed by atoms with Crippen LogP contribution in [0.5, 0.6) is 11.6 Å². The standard InChI is InChI=1S/C38H44ClN3O5/c1-8-30(26-14-11-15-29(23-26)45-7)35(32-24-27-13-9-10-16-31(27)36(32)39)28-18-19-33(40-25-28)46-22-21-42(37(44)47-38(2,3)4)20-12-17-34(43)41(5)6/h9-19,23,25H,8,20-22,24H2,1-7H3/b17-12+,35-30+. The van der Waals surface area contributed by atoms with Crippen molar-refractivity contribution in [2.75, 3.05) is 40.9 Å². The molecule has 3 aromatic rings. The Balaban J connectivity index is 1.59. The van der Waals surface area contributed by atoms with Gasteiger partial charge in [-0.1, -0.05) is 61.0 Å². The predicted octanol–water partition coefficient (Wildman–Crippen LogP) is 7.88. The molecule has 9 heteroatoms. The lowest BCUT2D eigenvalue weighted by molar-refractivity contribution is -0.123. The van der Waals surface area contributed by atoms with Crippen LogP contribution in [-0.2, 0) is 16.0 Å². The first-order valence-corrected chi connectivity index (χ1v) is 16.1. The van der Waals surface area contributed by atoms with Crippen LogP contribution in [0.4, 0.5) is 4.79 Å². The monoisotopic (exact) mass is 657 g/mol. The van der Waals surface area contributed by atoms with Crippen molar-refractivity contribution in [3.63, 3.8) is 0 Å². The van der Waals surface area contributed by atoms with Crippen LogP contribution in [0.15, 0.2) is 84.6 Å². The van der Waals surface area contributed by atoms with Crippen molar-refractivity contribution >= 4 is 39.8 Å². The van der Waals surface area contributed by atoms with E-state index in [9.17, 15) is 9.59 Å². The van der Waals surface area contributed by atoms with E-state index >= 15 is 0 Å². The van der Waals surface area contributed by atoms with Crippen LogP contribution < -0.4 is 9.47 Å². The number of rotatable bonds is 12. The molecule has 0 atom stereocenters. The number of amides is 2. The summed E-state index contributed by atoms with van der Waals surface area (Å²) in [5.41, 5.74) is 6.77. The number of fused-ring (bicyclic) bond motifs is 1. The molecule has 8 nitrogen and oxygen atoms in total. The number of aromatic nitrogens is 1. The van der Waals surface area contributed by atoms with Crippen molar-refractivity contribution in [1.29, 1.82) is 0 Å². The lowest BCUT2D eigenvalue weighted by Crippen LogP contribution is -2.39. The molecule has 1 aliphatic carbocycles. The summed E-state index contributed by atoms with van der Waals surface area (Å²) in [7, 11) is 5.01. The third kappa shape index (κ3) is 9.26. The molecule has 0 saturated heterocycles. The Kier molecular flexibility index (Phi) is 11.9. The van der Waals surface area contributed by atoms with Crippen molar-refractivity contribution in [2.24, 2.45) is 0 Å². The first kappa shape index (κ1) is 35.3. The average molecular weight is 658 g/mol. The Bertz CT molecular complexity index is 1670. The average Bonchev–Trinajstić information content (AvgIpc) is 3.37. The van der Waals surface area contributed by atoms with Gasteiger partial charge in [0.2, 0.25) is 11.8 Å². The molecule has 0 spiro atoms. The minimum Gasteiger partial charge on any atom is -0.497 e. The van der Waals surface area contributed by atoms with Crippen LogP contribution >= 0.6 is 11.6 Å². The van der Waals surface area contributed by atoms with Gasteiger partial charge in [0.15, 0.2) is 0 Å². The van der Waals surface area contributed by atoms with Gasteiger partial charge in [0.25, 0.3) is 0 Å². The molecule has 0 fully saturated rings. The number of pyridine rings is 1. The largest absolute Gasteiger partial charge is 0.497 e. The molecular formula is C38H44ClN3O5. The van der Waals surface area contributed by atoms with E-state index in [-0.39, 0.29) is 25.6 Å². The maximum absolute atomic E-state index is 12.9. The highest BCUT2D eigenvalue weighted by molar-refractivity contribution is 6.51. The number of nitrogens with zero attached hydrogens (tertiary/aromatic N) is 3. The molecule has 47 heavy (non-hydrogen) atoms. The number of hydrogen-bond donors (Lipinski definition) is 0. The van der Waals surface area contributed by atoms with E-state index in [1.165, 1.54) is 21.4 Å². The van der Waals surface area contributed by atoms with Crippen LogP contribution in [0.3, 0.4) is 0 Å². The smallest absolute Gasteiger partial charge is 0.410 e. The Morgan fingerprint density at radius 1 is 1.02 bits per heavy atom. The minimum absolute atomic E-state index is 0.167. The van der Waals surface area contributed by atoms with E-state index in [0.717, 1.165) is 50.6 Å². The third-order valence-corrected chi connectivity index (χ3v) is 8.01. The third-order valence-electron chi connectivity index (χ3n) is 7.58. The molecule has 248 valence electrons. The Hall–Kier alpha value is -4.56.